The van der Waals surface area contributed by atoms with Gasteiger partial charge in [-0.3, -0.25) is 14.6 Å². The number of carbonyl (C=O) groups excluding carboxylic acids is 2. The van der Waals surface area contributed by atoms with Crippen LogP contribution >= 0.6 is 0 Å². The lowest BCUT2D eigenvalue weighted by Gasteiger charge is -2.22. The predicted octanol–water partition coefficient (Wildman–Crippen LogP) is 1.58. The summed E-state index contributed by atoms with van der Waals surface area (Å²) in [5, 5.41) is 2.76. The third-order valence-corrected chi connectivity index (χ3v) is 4.34. The van der Waals surface area contributed by atoms with E-state index < -0.39 is 0 Å². The van der Waals surface area contributed by atoms with Crippen molar-refractivity contribution in [1.29, 1.82) is 0 Å². The van der Waals surface area contributed by atoms with Crippen LogP contribution in [0, 0.1) is 0 Å². The average Bonchev–Trinajstić information content (AvgIpc) is 2.95. The second-order valence-corrected chi connectivity index (χ2v) is 6.11. The zero-order chi connectivity index (χ0) is 18.4. The summed E-state index contributed by atoms with van der Waals surface area (Å²) in [6, 6.07) is 9.02. The first-order valence-corrected chi connectivity index (χ1v) is 8.88. The Morgan fingerprint density at radius 3 is 2.65 bits per heavy atom. The number of amides is 2. The monoisotopic (exact) mass is 353 g/mol. The molecule has 1 aliphatic rings. The number of nitrogens with one attached hydrogen (secondary N) is 1. The Kier molecular flexibility index (Phi) is 5.78. The Morgan fingerprint density at radius 1 is 1.08 bits per heavy atom. The standard InChI is InChI=1S/C19H23N5O2/c1-2-20-18(25)15-7-8-17(22-14-15)23-10-5-11-24(13-12-23)19(26)16-6-3-4-9-21-16/h3-4,6-9,14H,2,5,10-13H2,1H3,(H,20,25). The highest BCUT2D eigenvalue weighted by Crippen LogP contribution is 2.15. The fraction of sp³-hybridized carbons (Fsp3) is 0.368. The Labute approximate surface area is 153 Å². The van der Waals surface area contributed by atoms with Crippen LogP contribution in [-0.2, 0) is 0 Å². The van der Waals surface area contributed by atoms with Crippen molar-refractivity contribution in [3.8, 4) is 0 Å². The summed E-state index contributed by atoms with van der Waals surface area (Å²) in [6.45, 7) is 5.31. The molecular formula is C19H23N5O2. The van der Waals surface area contributed by atoms with Crippen LogP contribution < -0.4 is 10.2 Å². The van der Waals surface area contributed by atoms with E-state index in [9.17, 15) is 9.59 Å². The number of carbonyl (C=O) groups is 2. The van der Waals surface area contributed by atoms with E-state index in [4.69, 9.17) is 0 Å². The van der Waals surface area contributed by atoms with E-state index in [1.54, 1.807) is 30.6 Å². The summed E-state index contributed by atoms with van der Waals surface area (Å²) >= 11 is 0. The Balaban J connectivity index is 1.63. The van der Waals surface area contributed by atoms with Crippen LogP contribution in [0.2, 0.25) is 0 Å². The SMILES string of the molecule is CCNC(=O)c1ccc(N2CCCN(C(=O)c3ccccn3)CC2)nc1. The Hall–Kier alpha value is -2.96. The van der Waals surface area contributed by atoms with Crippen LogP contribution in [0.15, 0.2) is 42.7 Å². The van der Waals surface area contributed by atoms with Gasteiger partial charge in [0.2, 0.25) is 0 Å². The van der Waals surface area contributed by atoms with Crippen molar-refractivity contribution in [2.45, 2.75) is 13.3 Å². The number of hydrogen-bond donors (Lipinski definition) is 1. The van der Waals surface area contributed by atoms with E-state index in [2.05, 4.69) is 20.2 Å². The number of aromatic nitrogens is 2. The van der Waals surface area contributed by atoms with Crippen molar-refractivity contribution >= 4 is 17.6 Å². The second-order valence-electron chi connectivity index (χ2n) is 6.11. The first-order valence-electron chi connectivity index (χ1n) is 8.88. The molecule has 1 aliphatic heterocycles. The van der Waals surface area contributed by atoms with Crippen molar-refractivity contribution in [2.24, 2.45) is 0 Å². The van der Waals surface area contributed by atoms with E-state index in [1.807, 2.05) is 24.0 Å². The van der Waals surface area contributed by atoms with Gasteiger partial charge in [-0.1, -0.05) is 6.07 Å². The quantitative estimate of drug-likeness (QED) is 0.903. The highest BCUT2D eigenvalue weighted by atomic mass is 16.2. The van der Waals surface area contributed by atoms with Crippen molar-refractivity contribution in [2.75, 3.05) is 37.6 Å². The summed E-state index contributed by atoms with van der Waals surface area (Å²) in [6.07, 6.45) is 4.10. The molecule has 3 heterocycles. The largest absolute Gasteiger partial charge is 0.355 e. The van der Waals surface area contributed by atoms with E-state index >= 15 is 0 Å². The molecule has 0 spiro atoms. The maximum Gasteiger partial charge on any atom is 0.272 e. The van der Waals surface area contributed by atoms with Gasteiger partial charge >= 0.3 is 0 Å². The van der Waals surface area contributed by atoms with Gasteiger partial charge in [0.15, 0.2) is 0 Å². The molecule has 1 N–H and O–H groups in total. The highest BCUT2D eigenvalue weighted by Gasteiger charge is 2.21. The second kappa shape index (κ2) is 8.42. The van der Waals surface area contributed by atoms with Gasteiger partial charge in [-0.15, -0.1) is 0 Å². The van der Waals surface area contributed by atoms with Crippen molar-refractivity contribution < 1.29 is 9.59 Å². The lowest BCUT2D eigenvalue weighted by atomic mass is 10.2. The molecule has 3 rings (SSSR count). The number of pyridine rings is 2. The Bertz CT molecular complexity index is 748. The van der Waals surface area contributed by atoms with Gasteiger partial charge in [0.1, 0.15) is 11.5 Å². The zero-order valence-electron chi connectivity index (χ0n) is 14.9. The molecule has 1 saturated heterocycles. The van der Waals surface area contributed by atoms with Gasteiger partial charge in [-0.05, 0) is 37.6 Å². The van der Waals surface area contributed by atoms with E-state index in [1.165, 1.54) is 0 Å². The topological polar surface area (TPSA) is 78.4 Å². The third kappa shape index (κ3) is 4.17. The average molecular weight is 353 g/mol. The lowest BCUT2D eigenvalue weighted by molar-refractivity contribution is 0.0761. The maximum absolute atomic E-state index is 12.6. The van der Waals surface area contributed by atoms with E-state index in [0.717, 1.165) is 18.8 Å². The fourth-order valence-corrected chi connectivity index (χ4v) is 2.97. The van der Waals surface area contributed by atoms with Gasteiger partial charge in [-0.2, -0.15) is 0 Å². The van der Waals surface area contributed by atoms with E-state index in [0.29, 0.717) is 37.4 Å². The van der Waals surface area contributed by atoms with Gasteiger partial charge in [0.05, 0.1) is 5.56 Å². The normalized spacial score (nSPS) is 14.7. The molecule has 2 aromatic heterocycles. The van der Waals surface area contributed by atoms with Crippen LogP contribution in [0.4, 0.5) is 5.82 Å². The fourth-order valence-electron chi connectivity index (χ4n) is 2.97. The summed E-state index contributed by atoms with van der Waals surface area (Å²) in [5.41, 5.74) is 1.03. The molecule has 136 valence electrons. The molecular weight excluding hydrogens is 330 g/mol. The van der Waals surface area contributed by atoms with Crippen LogP contribution in [0.5, 0.6) is 0 Å². The van der Waals surface area contributed by atoms with Gasteiger partial charge in [-0.25, -0.2) is 4.98 Å². The zero-order valence-corrected chi connectivity index (χ0v) is 14.9. The third-order valence-electron chi connectivity index (χ3n) is 4.34. The van der Waals surface area contributed by atoms with Crippen molar-refractivity contribution in [3.63, 3.8) is 0 Å². The minimum absolute atomic E-state index is 0.0352. The minimum Gasteiger partial charge on any atom is -0.355 e. The molecule has 0 aliphatic carbocycles. The Morgan fingerprint density at radius 2 is 1.96 bits per heavy atom. The minimum atomic E-state index is -0.116. The molecule has 0 unspecified atom stereocenters. The van der Waals surface area contributed by atoms with Crippen molar-refractivity contribution in [3.05, 3.63) is 54.0 Å². The van der Waals surface area contributed by atoms with E-state index in [-0.39, 0.29) is 11.8 Å². The van der Waals surface area contributed by atoms with Crippen molar-refractivity contribution in [1.82, 2.24) is 20.2 Å². The molecule has 26 heavy (non-hydrogen) atoms. The highest BCUT2D eigenvalue weighted by molar-refractivity contribution is 5.94. The first kappa shape index (κ1) is 17.8. The molecule has 0 radical (unpaired) electrons. The molecule has 7 heteroatoms. The molecule has 2 aromatic rings. The maximum atomic E-state index is 12.6. The molecule has 0 saturated carbocycles. The summed E-state index contributed by atoms with van der Waals surface area (Å²) in [7, 11) is 0. The molecule has 1 fully saturated rings. The van der Waals surface area contributed by atoms with Gasteiger partial charge in [0.25, 0.3) is 11.8 Å². The molecule has 0 bridgehead atoms. The molecule has 2 amide bonds. The molecule has 0 aromatic carbocycles. The number of anilines is 1. The number of nitrogens with zero attached hydrogens (tertiary/aromatic N) is 4. The van der Waals surface area contributed by atoms with Crippen LogP contribution in [0.3, 0.4) is 0 Å². The summed E-state index contributed by atoms with van der Waals surface area (Å²) in [5.74, 6) is 0.673. The summed E-state index contributed by atoms with van der Waals surface area (Å²) < 4.78 is 0. The van der Waals surface area contributed by atoms with Gasteiger partial charge in [0, 0.05) is 45.1 Å². The number of rotatable bonds is 4. The van der Waals surface area contributed by atoms with Gasteiger partial charge < -0.3 is 15.1 Å². The smallest absolute Gasteiger partial charge is 0.272 e. The molecule has 0 atom stereocenters. The van der Waals surface area contributed by atoms with Crippen LogP contribution in [-0.4, -0.2) is 59.4 Å². The first-order chi connectivity index (χ1) is 12.7. The van der Waals surface area contributed by atoms with Crippen LogP contribution in [0.1, 0.15) is 34.2 Å². The lowest BCUT2D eigenvalue weighted by Crippen LogP contribution is -2.35. The van der Waals surface area contributed by atoms with Crippen LogP contribution in [0.25, 0.3) is 0 Å². The molecule has 7 nitrogen and oxygen atoms in total. The predicted molar refractivity (Wildman–Crippen MR) is 99.2 cm³/mol. The summed E-state index contributed by atoms with van der Waals surface area (Å²) in [4.78, 5) is 36.9. The number of hydrogen-bond acceptors (Lipinski definition) is 5.